The minimum Gasteiger partial charge on any atom is -0.487 e. The molecule has 1 heterocycles. The van der Waals surface area contributed by atoms with Crippen LogP contribution >= 0.6 is 0 Å². The Labute approximate surface area is 113 Å². The van der Waals surface area contributed by atoms with Gasteiger partial charge in [0, 0.05) is 31.8 Å². The molecule has 4 heteroatoms. The molecule has 1 N–H and O–H groups in total. The topological polar surface area (TPSA) is 43.4 Å². The van der Waals surface area contributed by atoms with Gasteiger partial charge >= 0.3 is 0 Å². The lowest BCUT2D eigenvalue weighted by atomic mass is 10.2. The lowest BCUT2D eigenvalue weighted by Crippen LogP contribution is -2.31. The van der Waals surface area contributed by atoms with Gasteiger partial charge in [-0.3, -0.25) is 4.98 Å². The van der Waals surface area contributed by atoms with Gasteiger partial charge in [0.15, 0.2) is 0 Å². The zero-order chi connectivity index (χ0) is 13.5. The van der Waals surface area contributed by atoms with Crippen LogP contribution in [-0.2, 0) is 4.74 Å². The number of hydrogen-bond acceptors (Lipinski definition) is 4. The van der Waals surface area contributed by atoms with Gasteiger partial charge in [-0.1, -0.05) is 18.2 Å². The van der Waals surface area contributed by atoms with E-state index in [1.807, 2.05) is 37.3 Å². The Balaban J connectivity index is 1.97. The zero-order valence-corrected chi connectivity index (χ0v) is 11.4. The lowest BCUT2D eigenvalue weighted by molar-refractivity contribution is 0.185. The van der Waals surface area contributed by atoms with Crippen LogP contribution in [0.4, 0.5) is 0 Å². The molecule has 0 aliphatic carbocycles. The normalized spacial score (nSPS) is 12.5. The Hall–Kier alpha value is -1.65. The van der Waals surface area contributed by atoms with E-state index in [1.165, 1.54) is 0 Å². The quantitative estimate of drug-likeness (QED) is 0.775. The number of fused-ring (bicyclic) bond motifs is 1. The number of para-hydroxylation sites is 1. The summed E-state index contributed by atoms with van der Waals surface area (Å²) < 4.78 is 10.9. The molecule has 0 amide bonds. The zero-order valence-electron chi connectivity index (χ0n) is 11.4. The van der Waals surface area contributed by atoms with Crippen molar-refractivity contribution in [3.8, 4) is 5.75 Å². The summed E-state index contributed by atoms with van der Waals surface area (Å²) in [5.41, 5.74) is 0.911. The van der Waals surface area contributed by atoms with Crippen LogP contribution in [0.3, 0.4) is 0 Å². The van der Waals surface area contributed by atoms with Crippen molar-refractivity contribution in [2.45, 2.75) is 13.0 Å². The van der Waals surface area contributed by atoms with Crippen LogP contribution in [0.15, 0.2) is 36.5 Å². The summed E-state index contributed by atoms with van der Waals surface area (Å²) in [5, 5.41) is 4.38. The van der Waals surface area contributed by atoms with E-state index in [4.69, 9.17) is 9.47 Å². The van der Waals surface area contributed by atoms with E-state index in [1.54, 1.807) is 13.3 Å². The van der Waals surface area contributed by atoms with Crippen LogP contribution in [0, 0.1) is 0 Å². The predicted octanol–water partition coefficient (Wildman–Crippen LogP) is 2.24. The molecule has 0 aliphatic heterocycles. The third-order valence-electron chi connectivity index (χ3n) is 2.84. The second-order valence-corrected chi connectivity index (χ2v) is 4.46. The molecule has 102 valence electrons. The first-order valence-corrected chi connectivity index (χ1v) is 6.51. The molecular formula is C15H20N2O2. The molecule has 2 aromatic rings. The number of benzene rings is 1. The highest BCUT2D eigenvalue weighted by Crippen LogP contribution is 2.23. The maximum absolute atomic E-state index is 5.94. The van der Waals surface area contributed by atoms with Crippen LogP contribution in [0.1, 0.15) is 6.92 Å². The predicted molar refractivity (Wildman–Crippen MR) is 76.6 cm³/mol. The van der Waals surface area contributed by atoms with E-state index in [9.17, 15) is 0 Å². The number of hydrogen-bond donors (Lipinski definition) is 1. The molecule has 1 atom stereocenters. The van der Waals surface area contributed by atoms with Crippen molar-refractivity contribution in [2.75, 3.05) is 26.8 Å². The van der Waals surface area contributed by atoms with Gasteiger partial charge in [-0.25, -0.2) is 0 Å². The summed E-state index contributed by atoms with van der Waals surface area (Å²) >= 11 is 0. The molecule has 1 aromatic carbocycles. The van der Waals surface area contributed by atoms with E-state index in [0.717, 1.165) is 29.7 Å². The molecule has 0 saturated carbocycles. The molecule has 19 heavy (non-hydrogen) atoms. The molecule has 2 rings (SSSR count). The summed E-state index contributed by atoms with van der Waals surface area (Å²) in [6.07, 6.45) is 1.88. The van der Waals surface area contributed by atoms with Gasteiger partial charge in [0.1, 0.15) is 17.4 Å². The second kappa shape index (κ2) is 7.07. The van der Waals surface area contributed by atoms with Crippen LogP contribution in [0.25, 0.3) is 10.9 Å². The number of pyridine rings is 1. The van der Waals surface area contributed by atoms with Crippen molar-refractivity contribution >= 4 is 10.9 Å². The summed E-state index contributed by atoms with van der Waals surface area (Å²) in [4.78, 5) is 4.38. The Bertz CT molecular complexity index is 511. The molecule has 0 aliphatic rings. The minimum absolute atomic E-state index is 0.0875. The summed E-state index contributed by atoms with van der Waals surface area (Å²) in [7, 11) is 1.70. The van der Waals surface area contributed by atoms with Gasteiger partial charge in [0.05, 0.1) is 6.61 Å². The van der Waals surface area contributed by atoms with Gasteiger partial charge in [-0.2, -0.15) is 0 Å². The first kappa shape index (κ1) is 13.8. The van der Waals surface area contributed by atoms with Crippen molar-refractivity contribution in [3.05, 3.63) is 36.5 Å². The van der Waals surface area contributed by atoms with E-state index < -0.39 is 0 Å². The number of ether oxygens (including phenoxy) is 2. The Morgan fingerprint density at radius 1 is 1.26 bits per heavy atom. The highest BCUT2D eigenvalue weighted by molar-refractivity contribution is 5.84. The molecule has 1 aromatic heterocycles. The van der Waals surface area contributed by atoms with Crippen LogP contribution < -0.4 is 10.1 Å². The van der Waals surface area contributed by atoms with Crippen molar-refractivity contribution in [1.82, 2.24) is 10.3 Å². The van der Waals surface area contributed by atoms with Gasteiger partial charge < -0.3 is 14.8 Å². The maximum Gasteiger partial charge on any atom is 0.145 e. The lowest BCUT2D eigenvalue weighted by Gasteiger charge is -2.16. The maximum atomic E-state index is 5.94. The average molecular weight is 260 g/mol. The summed E-state index contributed by atoms with van der Waals surface area (Å²) in [6, 6.07) is 9.96. The molecule has 0 bridgehead atoms. The number of nitrogens with zero attached hydrogens (tertiary/aromatic N) is 1. The van der Waals surface area contributed by atoms with Gasteiger partial charge in [0.2, 0.25) is 0 Å². The second-order valence-electron chi connectivity index (χ2n) is 4.46. The third-order valence-corrected chi connectivity index (χ3v) is 2.84. The third kappa shape index (κ3) is 3.91. The molecule has 0 saturated heterocycles. The minimum atomic E-state index is 0.0875. The van der Waals surface area contributed by atoms with Crippen LogP contribution in [-0.4, -0.2) is 37.9 Å². The van der Waals surface area contributed by atoms with Crippen LogP contribution in [0.5, 0.6) is 5.75 Å². The molecular weight excluding hydrogens is 240 g/mol. The largest absolute Gasteiger partial charge is 0.487 e. The van der Waals surface area contributed by atoms with Crippen molar-refractivity contribution in [3.63, 3.8) is 0 Å². The van der Waals surface area contributed by atoms with Crippen molar-refractivity contribution in [2.24, 2.45) is 0 Å². The fourth-order valence-electron chi connectivity index (χ4n) is 1.91. The Morgan fingerprint density at radius 3 is 2.95 bits per heavy atom. The number of aromatic nitrogens is 1. The first-order valence-electron chi connectivity index (χ1n) is 6.51. The molecule has 0 spiro atoms. The SMILES string of the molecule is COCCNCC(C)Oc1cccc2cccnc12. The molecule has 1 unspecified atom stereocenters. The Kier molecular flexibility index (Phi) is 5.12. The summed E-state index contributed by atoms with van der Waals surface area (Å²) in [6.45, 7) is 4.37. The fraction of sp³-hybridized carbons (Fsp3) is 0.400. The molecule has 0 radical (unpaired) electrons. The monoisotopic (exact) mass is 260 g/mol. The van der Waals surface area contributed by atoms with E-state index in [2.05, 4.69) is 10.3 Å². The van der Waals surface area contributed by atoms with Crippen molar-refractivity contribution in [1.29, 1.82) is 0 Å². The number of methoxy groups -OCH3 is 1. The first-order chi connectivity index (χ1) is 9.31. The number of rotatable bonds is 7. The standard InChI is InChI=1S/C15H20N2O2/c1-12(11-16-9-10-18-2)19-14-7-3-5-13-6-4-8-17-15(13)14/h3-8,12,16H,9-11H2,1-2H3. The van der Waals surface area contributed by atoms with E-state index in [-0.39, 0.29) is 6.10 Å². The number of nitrogens with one attached hydrogen (secondary N) is 1. The highest BCUT2D eigenvalue weighted by Gasteiger charge is 2.07. The van der Waals surface area contributed by atoms with E-state index >= 15 is 0 Å². The van der Waals surface area contributed by atoms with E-state index in [0.29, 0.717) is 6.61 Å². The van der Waals surface area contributed by atoms with Gasteiger partial charge in [-0.15, -0.1) is 0 Å². The molecule has 4 nitrogen and oxygen atoms in total. The summed E-state index contributed by atoms with van der Waals surface area (Å²) in [5.74, 6) is 0.833. The van der Waals surface area contributed by atoms with Crippen LogP contribution in [0.2, 0.25) is 0 Å². The Morgan fingerprint density at radius 2 is 2.11 bits per heavy atom. The molecule has 0 fully saturated rings. The van der Waals surface area contributed by atoms with Crippen molar-refractivity contribution < 1.29 is 9.47 Å². The average Bonchev–Trinajstić information content (AvgIpc) is 2.44. The fourth-order valence-corrected chi connectivity index (χ4v) is 1.91. The van der Waals surface area contributed by atoms with Gasteiger partial charge in [0.25, 0.3) is 0 Å². The van der Waals surface area contributed by atoms with Gasteiger partial charge in [-0.05, 0) is 19.1 Å². The highest BCUT2D eigenvalue weighted by atomic mass is 16.5. The smallest absolute Gasteiger partial charge is 0.145 e.